The van der Waals surface area contributed by atoms with Crippen molar-refractivity contribution in [2.75, 3.05) is 13.1 Å². The average molecular weight is 413 g/mol. The van der Waals surface area contributed by atoms with Crippen molar-refractivity contribution in [3.63, 3.8) is 0 Å². The minimum Gasteiger partial charge on any atom is -0.474 e. The van der Waals surface area contributed by atoms with Gasteiger partial charge in [-0.2, -0.15) is 0 Å². The molecule has 6 nitrogen and oxygen atoms in total. The number of hydrogen-bond donors (Lipinski definition) is 2. The molecule has 0 unspecified atom stereocenters. The molecule has 0 fully saturated rings. The van der Waals surface area contributed by atoms with Gasteiger partial charge < -0.3 is 19.6 Å². The molecule has 0 amide bonds. The van der Waals surface area contributed by atoms with Gasteiger partial charge in [-0.3, -0.25) is 9.59 Å². The van der Waals surface area contributed by atoms with Gasteiger partial charge in [0.1, 0.15) is 0 Å². The fourth-order valence-electron chi connectivity index (χ4n) is 3.31. The van der Waals surface area contributed by atoms with E-state index in [4.69, 9.17) is 5.02 Å². The highest BCUT2D eigenvalue weighted by atomic mass is 16.7. The molecular formula is C22H44BNO5. The number of unbranched alkanes of at least 4 members (excludes halogenated alkanes) is 15. The Morgan fingerprint density at radius 3 is 1.55 bits per heavy atom. The molecule has 0 spiro atoms. The zero-order chi connectivity index (χ0) is 21.6. The Bertz CT molecular complexity index is 395. The summed E-state index contributed by atoms with van der Waals surface area (Å²) in [7, 11) is -1.82. The highest BCUT2D eigenvalue weighted by molar-refractivity contribution is 6.40. The molecule has 0 saturated heterocycles. The molecule has 0 heterocycles. The fraction of sp³-hybridized carbons (Fsp3) is 0.909. The maximum atomic E-state index is 11.4. The van der Waals surface area contributed by atoms with Gasteiger partial charge in [0.05, 0.1) is 6.54 Å². The third-order valence-electron chi connectivity index (χ3n) is 4.98. The molecule has 2 N–H and O–H groups in total. The first-order valence-electron chi connectivity index (χ1n) is 11.8. The number of carbonyl (C=O) groups is 2. The third-order valence-corrected chi connectivity index (χ3v) is 4.98. The molecule has 0 aromatic heterocycles. The van der Waals surface area contributed by atoms with E-state index in [2.05, 4.69) is 21.5 Å². The van der Waals surface area contributed by atoms with Gasteiger partial charge in [0.25, 0.3) is 5.97 Å². The highest BCUT2D eigenvalue weighted by Gasteiger charge is 2.24. The van der Waals surface area contributed by atoms with Crippen molar-refractivity contribution in [2.24, 2.45) is 0 Å². The average Bonchev–Trinajstić information content (AvgIpc) is 2.66. The summed E-state index contributed by atoms with van der Waals surface area (Å²) in [6.07, 6.45) is 21.3. The lowest BCUT2D eigenvalue weighted by Gasteiger charge is -2.08. The molecule has 29 heavy (non-hydrogen) atoms. The molecule has 0 aliphatic heterocycles. The third kappa shape index (κ3) is 23.1. The summed E-state index contributed by atoms with van der Waals surface area (Å²) >= 11 is 0. The van der Waals surface area contributed by atoms with Crippen LogP contribution in [0.2, 0.25) is 0 Å². The Kier molecular flexibility index (Phi) is 20.8. The summed E-state index contributed by atoms with van der Waals surface area (Å²) in [5.74, 6) is -1.35. The predicted octanol–water partition coefficient (Wildman–Crippen LogP) is 4.92. The van der Waals surface area contributed by atoms with Crippen LogP contribution in [0.1, 0.15) is 117 Å². The van der Waals surface area contributed by atoms with Gasteiger partial charge in [0, 0.05) is 6.92 Å². The molecule has 170 valence electrons. The van der Waals surface area contributed by atoms with Crippen molar-refractivity contribution in [3.05, 3.63) is 0 Å². The predicted molar refractivity (Wildman–Crippen MR) is 118 cm³/mol. The molecule has 0 aliphatic rings. The largest absolute Gasteiger partial charge is 0.789 e. The van der Waals surface area contributed by atoms with Gasteiger partial charge in [0.15, 0.2) is 0 Å². The van der Waals surface area contributed by atoms with Crippen LogP contribution in [0, 0.1) is 0 Å². The maximum absolute atomic E-state index is 11.4. The minimum absolute atomic E-state index is 0.00291. The van der Waals surface area contributed by atoms with Crippen LogP contribution < -0.4 is 5.32 Å². The Morgan fingerprint density at radius 2 is 1.14 bits per heavy atom. The van der Waals surface area contributed by atoms with E-state index in [9.17, 15) is 9.59 Å². The molecule has 0 saturated carbocycles. The molecule has 0 radical (unpaired) electrons. The SMILES string of the molecule is CCCCCCCCCCCCCCCCCCNCC(=O)OB(O)OC(C)=O. The summed E-state index contributed by atoms with van der Waals surface area (Å²) in [5.41, 5.74) is 0. The molecule has 0 aromatic rings. The van der Waals surface area contributed by atoms with Crippen molar-refractivity contribution in [1.82, 2.24) is 5.32 Å². The van der Waals surface area contributed by atoms with Crippen LogP contribution >= 0.6 is 0 Å². The van der Waals surface area contributed by atoms with Crippen LogP contribution in [0.4, 0.5) is 0 Å². The lowest BCUT2D eigenvalue weighted by atomic mass is 10.0. The molecule has 0 aromatic carbocycles. The van der Waals surface area contributed by atoms with Crippen LogP contribution in [0.15, 0.2) is 0 Å². The normalized spacial score (nSPS) is 10.7. The second kappa shape index (κ2) is 21.6. The van der Waals surface area contributed by atoms with E-state index in [0.29, 0.717) is 0 Å². The minimum atomic E-state index is -1.82. The van der Waals surface area contributed by atoms with Crippen LogP contribution in [0.5, 0.6) is 0 Å². The van der Waals surface area contributed by atoms with Crippen molar-refractivity contribution >= 4 is 19.3 Å². The summed E-state index contributed by atoms with van der Waals surface area (Å²) in [6.45, 7) is 4.13. The second-order valence-electron chi connectivity index (χ2n) is 7.89. The van der Waals surface area contributed by atoms with Crippen molar-refractivity contribution in [3.8, 4) is 0 Å². The Morgan fingerprint density at radius 1 is 0.724 bits per heavy atom. The first-order valence-corrected chi connectivity index (χ1v) is 11.8. The van der Waals surface area contributed by atoms with Crippen molar-refractivity contribution < 1.29 is 23.9 Å². The van der Waals surface area contributed by atoms with Gasteiger partial charge in [-0.15, -0.1) is 0 Å². The number of carbonyl (C=O) groups excluding carboxylic acids is 2. The lowest BCUT2D eigenvalue weighted by molar-refractivity contribution is -0.140. The van der Waals surface area contributed by atoms with E-state index in [-0.39, 0.29) is 6.54 Å². The number of nitrogens with one attached hydrogen (secondary N) is 1. The number of rotatable bonds is 21. The van der Waals surface area contributed by atoms with Gasteiger partial charge in [-0.1, -0.05) is 103 Å². The van der Waals surface area contributed by atoms with Crippen LogP contribution in [0.25, 0.3) is 0 Å². The monoisotopic (exact) mass is 413 g/mol. The molecular weight excluding hydrogens is 369 g/mol. The summed E-state index contributed by atoms with van der Waals surface area (Å²) < 4.78 is 8.81. The maximum Gasteiger partial charge on any atom is 0.789 e. The van der Waals surface area contributed by atoms with E-state index in [0.717, 1.165) is 26.3 Å². The van der Waals surface area contributed by atoms with E-state index >= 15 is 0 Å². The summed E-state index contributed by atoms with van der Waals surface area (Å²) in [6, 6.07) is 0. The summed E-state index contributed by atoms with van der Waals surface area (Å²) in [5, 5.41) is 12.1. The lowest BCUT2D eigenvalue weighted by Crippen LogP contribution is -2.33. The quantitative estimate of drug-likeness (QED) is 0.205. The van der Waals surface area contributed by atoms with Crippen LogP contribution in [-0.4, -0.2) is 37.4 Å². The Hall–Kier alpha value is -1.08. The van der Waals surface area contributed by atoms with E-state index < -0.39 is 19.3 Å². The molecule has 0 bridgehead atoms. The fourth-order valence-corrected chi connectivity index (χ4v) is 3.31. The second-order valence-corrected chi connectivity index (χ2v) is 7.89. The van der Waals surface area contributed by atoms with E-state index in [1.165, 1.54) is 89.9 Å². The van der Waals surface area contributed by atoms with Crippen molar-refractivity contribution in [2.45, 2.75) is 117 Å². The van der Waals surface area contributed by atoms with Crippen LogP contribution in [-0.2, 0) is 18.9 Å². The summed E-state index contributed by atoms with van der Waals surface area (Å²) in [4.78, 5) is 22.0. The molecule has 7 heteroatoms. The standard InChI is InChI=1S/C22H44BNO5/c1-3-4-5-6-7-8-9-10-11-12-13-14-15-16-17-18-19-24-20-22(26)29-23(27)28-21(2)25/h24,27H,3-20H2,1-2H3. The Labute approximate surface area is 178 Å². The molecule has 0 atom stereocenters. The van der Waals surface area contributed by atoms with Gasteiger partial charge in [-0.05, 0) is 13.0 Å². The van der Waals surface area contributed by atoms with Gasteiger partial charge >= 0.3 is 13.3 Å². The zero-order valence-electron chi connectivity index (χ0n) is 18.9. The molecule has 0 aliphatic carbocycles. The highest BCUT2D eigenvalue weighted by Crippen LogP contribution is 2.13. The van der Waals surface area contributed by atoms with E-state index in [1.807, 2.05) is 0 Å². The smallest absolute Gasteiger partial charge is 0.474 e. The number of hydrogen-bond acceptors (Lipinski definition) is 6. The zero-order valence-corrected chi connectivity index (χ0v) is 18.9. The van der Waals surface area contributed by atoms with Gasteiger partial charge in [0.2, 0.25) is 0 Å². The Balaban J connectivity index is 3.18. The topological polar surface area (TPSA) is 84.9 Å². The van der Waals surface area contributed by atoms with Crippen LogP contribution in [0.3, 0.4) is 0 Å². The van der Waals surface area contributed by atoms with Gasteiger partial charge in [-0.25, -0.2) is 0 Å². The first kappa shape index (κ1) is 27.9. The first-order chi connectivity index (χ1) is 14.1. The molecule has 0 rings (SSSR count). The van der Waals surface area contributed by atoms with Crippen molar-refractivity contribution in [1.29, 1.82) is 0 Å². The van der Waals surface area contributed by atoms with E-state index in [1.54, 1.807) is 0 Å².